The van der Waals surface area contributed by atoms with E-state index in [1.807, 2.05) is 6.92 Å². The molecule has 0 aliphatic carbocycles. The Bertz CT molecular complexity index is 1620. The number of aryl methyl sites for hydroxylation is 7. The Morgan fingerprint density at radius 3 is 1.06 bits per heavy atom. The molecular weight excluding hydrogens is 444 g/mol. The maximum atomic E-state index is 5.01. The van der Waals surface area contributed by atoms with Crippen molar-refractivity contribution < 1.29 is 0 Å². The third kappa shape index (κ3) is 3.09. The first-order valence-electron chi connectivity index (χ1n) is 12.6. The van der Waals surface area contributed by atoms with Gasteiger partial charge in [0.15, 0.2) is 0 Å². The first-order valence-corrected chi connectivity index (χ1v) is 12.6. The molecule has 6 nitrogen and oxygen atoms in total. The molecule has 0 atom stereocenters. The minimum absolute atomic E-state index is 0.726. The smallest absolute Gasteiger partial charge is 0.147 e. The first kappa shape index (κ1) is 24.2. The highest BCUT2D eigenvalue weighted by atomic mass is 15.2. The molecule has 5 aromatic rings. The normalized spacial score (nSPS) is 11.9. The summed E-state index contributed by atoms with van der Waals surface area (Å²) in [5, 5.41) is 0. The Morgan fingerprint density at radius 1 is 0.361 bits per heavy atom. The Morgan fingerprint density at radius 2 is 0.694 bits per heavy atom. The highest BCUT2D eigenvalue weighted by Gasteiger charge is 2.24. The molecule has 0 N–H and O–H groups in total. The van der Waals surface area contributed by atoms with E-state index in [2.05, 4.69) is 85.3 Å². The Hall–Kier alpha value is -3.54. The summed E-state index contributed by atoms with van der Waals surface area (Å²) in [5.41, 5.74) is 15.5. The third-order valence-corrected chi connectivity index (χ3v) is 8.52. The summed E-state index contributed by atoms with van der Waals surface area (Å²) in [7, 11) is 0. The first-order chi connectivity index (χ1) is 16.9. The number of imidazole rings is 2. The summed E-state index contributed by atoms with van der Waals surface area (Å²) in [6, 6.07) is 0. The van der Waals surface area contributed by atoms with Crippen molar-refractivity contribution in [2.75, 3.05) is 0 Å². The summed E-state index contributed by atoms with van der Waals surface area (Å²) in [5.74, 6) is 4.34. The number of fused-ring (bicyclic) bond motifs is 2. The van der Waals surface area contributed by atoms with Crippen molar-refractivity contribution in [2.24, 2.45) is 0 Å². The quantitative estimate of drug-likeness (QED) is 0.277. The van der Waals surface area contributed by atoms with Gasteiger partial charge < -0.3 is 0 Å². The van der Waals surface area contributed by atoms with Crippen molar-refractivity contribution in [1.82, 2.24) is 29.1 Å². The van der Waals surface area contributed by atoms with Crippen LogP contribution in [0.25, 0.3) is 33.7 Å². The van der Waals surface area contributed by atoms with E-state index in [4.69, 9.17) is 19.9 Å². The summed E-state index contributed by atoms with van der Waals surface area (Å²) < 4.78 is 4.44. The average molecular weight is 481 g/mol. The number of hydrogen-bond donors (Lipinski definition) is 0. The van der Waals surface area contributed by atoms with Gasteiger partial charge in [-0.05, 0) is 128 Å². The molecule has 0 fully saturated rings. The van der Waals surface area contributed by atoms with E-state index in [1.165, 1.54) is 44.5 Å². The summed E-state index contributed by atoms with van der Waals surface area (Å²) >= 11 is 0. The Balaban J connectivity index is 1.91. The van der Waals surface area contributed by atoms with Gasteiger partial charge in [-0.1, -0.05) is 0 Å². The Kier molecular flexibility index (Phi) is 5.36. The zero-order chi connectivity index (χ0) is 26.4. The van der Waals surface area contributed by atoms with Gasteiger partial charge in [-0.2, -0.15) is 0 Å². The maximum Gasteiger partial charge on any atom is 0.147 e. The van der Waals surface area contributed by atoms with Gasteiger partial charge in [-0.25, -0.2) is 19.9 Å². The lowest BCUT2D eigenvalue weighted by atomic mass is 9.97. The second-order valence-corrected chi connectivity index (χ2v) is 10.4. The highest BCUT2D eigenvalue weighted by Crippen LogP contribution is 2.35. The second kappa shape index (κ2) is 7.99. The van der Waals surface area contributed by atoms with E-state index in [0.29, 0.717) is 0 Å². The van der Waals surface area contributed by atoms with Gasteiger partial charge >= 0.3 is 0 Å². The molecule has 0 spiro atoms. The van der Waals surface area contributed by atoms with Gasteiger partial charge in [-0.3, -0.25) is 9.13 Å². The molecule has 0 saturated heterocycles. The molecule has 0 amide bonds. The minimum atomic E-state index is 0.726. The van der Waals surface area contributed by atoms with Gasteiger partial charge in [0.2, 0.25) is 0 Å². The molecule has 0 aliphatic heterocycles. The topological polar surface area (TPSA) is 61.4 Å². The molecular formula is C30H36N6. The van der Waals surface area contributed by atoms with Crippen molar-refractivity contribution in [3.8, 4) is 11.6 Å². The van der Waals surface area contributed by atoms with Gasteiger partial charge in [0.05, 0.1) is 22.1 Å². The lowest BCUT2D eigenvalue weighted by molar-refractivity contribution is 0.856. The van der Waals surface area contributed by atoms with Gasteiger partial charge in [0.25, 0.3) is 0 Å². The van der Waals surface area contributed by atoms with Crippen molar-refractivity contribution in [1.29, 1.82) is 0 Å². The minimum Gasteiger partial charge on any atom is -0.280 e. The van der Waals surface area contributed by atoms with Crippen molar-refractivity contribution in [2.45, 2.75) is 83.1 Å². The second-order valence-electron chi connectivity index (χ2n) is 10.4. The predicted octanol–water partition coefficient (Wildman–Crippen LogP) is 6.86. The molecule has 0 radical (unpaired) electrons. The zero-order valence-corrected chi connectivity index (χ0v) is 23.7. The van der Waals surface area contributed by atoms with Crippen LogP contribution in [-0.2, 0) is 0 Å². The average Bonchev–Trinajstić information content (AvgIpc) is 3.37. The summed E-state index contributed by atoms with van der Waals surface area (Å²) in [4.78, 5) is 20.0. The molecule has 3 aromatic heterocycles. The van der Waals surface area contributed by atoms with Crippen LogP contribution < -0.4 is 0 Å². The maximum absolute atomic E-state index is 5.01. The van der Waals surface area contributed by atoms with Crippen molar-refractivity contribution >= 4 is 22.1 Å². The SMILES string of the molecule is Cc1nc(-n2c(C)nc3c(C)c(C)c(C)c(C)c32)c(C)c(-n2c(C)nc3c(C)c(C)c(C)c(C)c32)n1. The largest absolute Gasteiger partial charge is 0.280 e. The number of benzene rings is 2. The van der Waals surface area contributed by atoms with E-state index >= 15 is 0 Å². The number of rotatable bonds is 2. The van der Waals surface area contributed by atoms with Crippen LogP contribution in [0.3, 0.4) is 0 Å². The molecule has 0 saturated carbocycles. The molecule has 0 bridgehead atoms. The Labute approximate surface area is 213 Å². The third-order valence-electron chi connectivity index (χ3n) is 8.52. The molecule has 36 heavy (non-hydrogen) atoms. The van der Waals surface area contributed by atoms with Gasteiger partial charge in [0, 0.05) is 5.56 Å². The van der Waals surface area contributed by atoms with Crippen molar-refractivity contribution in [3.05, 3.63) is 67.5 Å². The van der Waals surface area contributed by atoms with Crippen LogP contribution in [0.1, 0.15) is 67.5 Å². The van der Waals surface area contributed by atoms with Crippen LogP contribution >= 0.6 is 0 Å². The summed E-state index contributed by atoms with van der Waals surface area (Å²) in [6.07, 6.45) is 0. The van der Waals surface area contributed by atoms with E-state index in [1.54, 1.807) is 0 Å². The molecule has 186 valence electrons. The van der Waals surface area contributed by atoms with Crippen LogP contribution in [0.5, 0.6) is 0 Å². The standard InChI is InChI=1S/C30H36N6/c1-13-15(3)19(7)27-25(17(13)5)33-23(11)35(27)29-21(9)30(32-22(10)31-29)36-24(12)34-26-18(6)14(2)16(4)20(8)28(26)36/h1-12H3. The van der Waals surface area contributed by atoms with Gasteiger partial charge in [0.1, 0.15) is 29.1 Å². The molecule has 2 aromatic carbocycles. The van der Waals surface area contributed by atoms with E-state index in [-0.39, 0.29) is 0 Å². The number of hydrogen-bond acceptors (Lipinski definition) is 4. The molecule has 0 unspecified atom stereocenters. The van der Waals surface area contributed by atoms with Crippen LogP contribution in [-0.4, -0.2) is 29.1 Å². The van der Waals surface area contributed by atoms with Crippen LogP contribution in [0.2, 0.25) is 0 Å². The number of nitrogens with zero attached hydrogens (tertiary/aromatic N) is 6. The predicted molar refractivity (Wildman–Crippen MR) is 148 cm³/mol. The fraction of sp³-hybridized carbons (Fsp3) is 0.400. The van der Waals surface area contributed by atoms with Crippen LogP contribution in [0.15, 0.2) is 0 Å². The van der Waals surface area contributed by atoms with E-state index < -0.39 is 0 Å². The van der Waals surface area contributed by atoms with Crippen LogP contribution in [0, 0.1) is 83.1 Å². The molecule has 6 heteroatoms. The van der Waals surface area contributed by atoms with Gasteiger partial charge in [-0.15, -0.1) is 0 Å². The molecule has 0 aliphatic rings. The fourth-order valence-electron chi connectivity index (χ4n) is 5.67. The molecule has 5 rings (SSSR count). The van der Waals surface area contributed by atoms with Crippen LogP contribution in [0.4, 0.5) is 0 Å². The number of aromatic nitrogens is 6. The lowest BCUT2D eigenvalue weighted by Crippen LogP contribution is -2.13. The molecule has 3 heterocycles. The lowest BCUT2D eigenvalue weighted by Gasteiger charge is -2.18. The fourth-order valence-corrected chi connectivity index (χ4v) is 5.67. The van der Waals surface area contributed by atoms with E-state index in [9.17, 15) is 0 Å². The summed E-state index contributed by atoms with van der Waals surface area (Å²) in [6.45, 7) is 25.7. The zero-order valence-electron chi connectivity index (χ0n) is 23.7. The highest BCUT2D eigenvalue weighted by molar-refractivity contribution is 5.88. The monoisotopic (exact) mass is 480 g/mol. The van der Waals surface area contributed by atoms with E-state index in [0.717, 1.165) is 56.7 Å². The van der Waals surface area contributed by atoms with Crippen molar-refractivity contribution in [3.63, 3.8) is 0 Å².